The summed E-state index contributed by atoms with van der Waals surface area (Å²) >= 11 is 0. The number of benzene rings is 1. The van der Waals surface area contributed by atoms with E-state index >= 15 is 0 Å². The van der Waals surface area contributed by atoms with Crippen molar-refractivity contribution in [2.75, 3.05) is 0 Å². The SMILES string of the molecule is CCC(Cn1ccnc1)NC(=O)c1cc(C)n(-c2ccccc2)c1C. The number of rotatable bonds is 6. The Morgan fingerprint density at radius 1 is 1.24 bits per heavy atom. The van der Waals surface area contributed by atoms with E-state index in [1.165, 1.54) is 0 Å². The molecule has 2 aromatic heterocycles. The van der Waals surface area contributed by atoms with E-state index in [0.29, 0.717) is 0 Å². The van der Waals surface area contributed by atoms with Crippen molar-refractivity contribution < 1.29 is 4.79 Å². The van der Waals surface area contributed by atoms with Gasteiger partial charge in [-0.1, -0.05) is 25.1 Å². The third kappa shape index (κ3) is 3.65. The Bertz CT molecular complexity index is 834. The van der Waals surface area contributed by atoms with Crippen molar-refractivity contribution in [2.45, 2.75) is 39.8 Å². The Labute approximate surface area is 148 Å². The Hall–Kier alpha value is -2.82. The third-order valence-corrected chi connectivity index (χ3v) is 4.51. The number of imidazole rings is 1. The van der Waals surface area contributed by atoms with Gasteiger partial charge in [0.1, 0.15) is 0 Å². The second-order valence-electron chi connectivity index (χ2n) is 6.29. The molecule has 1 aromatic carbocycles. The lowest BCUT2D eigenvalue weighted by atomic mass is 10.1. The summed E-state index contributed by atoms with van der Waals surface area (Å²) in [4.78, 5) is 16.9. The lowest BCUT2D eigenvalue weighted by molar-refractivity contribution is 0.0931. The minimum atomic E-state index is -0.0257. The summed E-state index contributed by atoms with van der Waals surface area (Å²) in [5.41, 5.74) is 3.81. The Morgan fingerprint density at radius 2 is 2.00 bits per heavy atom. The van der Waals surface area contributed by atoms with Gasteiger partial charge >= 0.3 is 0 Å². The minimum Gasteiger partial charge on any atom is -0.347 e. The van der Waals surface area contributed by atoms with E-state index in [-0.39, 0.29) is 11.9 Å². The number of carbonyl (C=O) groups is 1. The summed E-state index contributed by atoms with van der Waals surface area (Å²) in [6.45, 7) is 6.82. The summed E-state index contributed by atoms with van der Waals surface area (Å²) in [6.07, 6.45) is 6.30. The lowest BCUT2D eigenvalue weighted by Crippen LogP contribution is -2.37. The fraction of sp³-hybridized carbons (Fsp3) is 0.300. The van der Waals surface area contributed by atoms with Gasteiger partial charge in [-0.25, -0.2) is 4.98 Å². The number of hydrogen-bond acceptors (Lipinski definition) is 2. The third-order valence-electron chi connectivity index (χ3n) is 4.51. The molecule has 3 rings (SSSR count). The van der Waals surface area contributed by atoms with Gasteiger partial charge in [-0.15, -0.1) is 0 Å². The van der Waals surface area contributed by atoms with Gasteiger partial charge in [0.25, 0.3) is 5.91 Å². The summed E-state index contributed by atoms with van der Waals surface area (Å²) in [5, 5.41) is 3.15. The maximum absolute atomic E-state index is 12.8. The molecule has 130 valence electrons. The standard InChI is InChI=1S/C20H24N4O/c1-4-17(13-23-11-10-21-14-23)22-20(25)19-12-15(2)24(16(19)3)18-8-6-5-7-9-18/h5-12,14,17H,4,13H2,1-3H3,(H,22,25). The molecule has 3 aromatic rings. The first-order valence-corrected chi connectivity index (χ1v) is 8.61. The average Bonchev–Trinajstić information content (AvgIpc) is 3.22. The van der Waals surface area contributed by atoms with Crippen LogP contribution in [0.15, 0.2) is 55.1 Å². The van der Waals surface area contributed by atoms with Crippen molar-refractivity contribution in [1.82, 2.24) is 19.4 Å². The monoisotopic (exact) mass is 336 g/mol. The summed E-state index contributed by atoms with van der Waals surface area (Å²) in [6, 6.07) is 12.1. The Kier molecular flexibility index (Phi) is 5.03. The molecule has 1 unspecified atom stereocenters. The van der Waals surface area contributed by atoms with Gasteiger partial charge in [0, 0.05) is 42.1 Å². The number of aromatic nitrogens is 3. The maximum atomic E-state index is 12.8. The zero-order chi connectivity index (χ0) is 17.8. The number of nitrogens with one attached hydrogen (secondary N) is 1. The number of nitrogens with zero attached hydrogens (tertiary/aromatic N) is 3. The maximum Gasteiger partial charge on any atom is 0.253 e. The van der Waals surface area contributed by atoms with Crippen LogP contribution in [0.5, 0.6) is 0 Å². The fourth-order valence-electron chi connectivity index (χ4n) is 3.16. The minimum absolute atomic E-state index is 0.0257. The molecule has 0 saturated heterocycles. The van der Waals surface area contributed by atoms with Crippen molar-refractivity contribution in [2.24, 2.45) is 0 Å². The molecule has 5 nitrogen and oxygen atoms in total. The van der Waals surface area contributed by atoms with Crippen molar-refractivity contribution in [3.63, 3.8) is 0 Å². The summed E-state index contributed by atoms with van der Waals surface area (Å²) in [5.74, 6) is -0.0257. The summed E-state index contributed by atoms with van der Waals surface area (Å²) in [7, 11) is 0. The zero-order valence-corrected chi connectivity index (χ0v) is 14.9. The normalized spacial score (nSPS) is 12.1. The van der Waals surface area contributed by atoms with Crippen LogP contribution in [0.2, 0.25) is 0 Å². The smallest absolute Gasteiger partial charge is 0.253 e. The van der Waals surface area contributed by atoms with E-state index in [1.807, 2.05) is 48.9 Å². The molecular weight excluding hydrogens is 312 g/mol. The van der Waals surface area contributed by atoms with Crippen LogP contribution < -0.4 is 5.32 Å². The fourth-order valence-corrected chi connectivity index (χ4v) is 3.16. The van der Waals surface area contributed by atoms with Crippen molar-refractivity contribution in [3.8, 4) is 5.69 Å². The average molecular weight is 336 g/mol. The Balaban J connectivity index is 1.80. The number of carbonyl (C=O) groups excluding carboxylic acids is 1. The largest absolute Gasteiger partial charge is 0.347 e. The highest BCUT2D eigenvalue weighted by Gasteiger charge is 2.19. The second-order valence-corrected chi connectivity index (χ2v) is 6.29. The number of amides is 1. The van der Waals surface area contributed by atoms with Gasteiger partial charge in [-0.05, 0) is 38.5 Å². The highest BCUT2D eigenvalue weighted by molar-refractivity contribution is 5.96. The molecule has 0 saturated carbocycles. The predicted octanol–water partition coefficient (Wildman–Crippen LogP) is 3.50. The zero-order valence-electron chi connectivity index (χ0n) is 14.9. The van der Waals surface area contributed by atoms with E-state index in [1.54, 1.807) is 12.5 Å². The van der Waals surface area contributed by atoms with Gasteiger partial charge in [0.2, 0.25) is 0 Å². The van der Waals surface area contributed by atoms with Gasteiger partial charge in [0.15, 0.2) is 0 Å². The van der Waals surface area contributed by atoms with Crippen LogP contribution in [0.4, 0.5) is 0 Å². The van der Waals surface area contributed by atoms with Crippen LogP contribution >= 0.6 is 0 Å². The molecule has 0 aliphatic rings. The summed E-state index contributed by atoms with van der Waals surface area (Å²) < 4.78 is 4.10. The molecule has 1 atom stereocenters. The molecule has 0 aliphatic heterocycles. The predicted molar refractivity (Wildman–Crippen MR) is 99.0 cm³/mol. The number of aryl methyl sites for hydroxylation is 1. The number of hydrogen-bond donors (Lipinski definition) is 1. The van der Waals surface area contributed by atoms with Gasteiger partial charge in [-0.3, -0.25) is 4.79 Å². The van der Waals surface area contributed by atoms with E-state index in [9.17, 15) is 4.79 Å². The number of para-hydroxylation sites is 1. The molecule has 0 radical (unpaired) electrons. The quantitative estimate of drug-likeness (QED) is 0.749. The van der Waals surface area contributed by atoms with Crippen molar-refractivity contribution in [3.05, 3.63) is 72.1 Å². The molecule has 5 heteroatoms. The highest BCUT2D eigenvalue weighted by Crippen LogP contribution is 2.20. The Morgan fingerprint density at radius 3 is 2.64 bits per heavy atom. The lowest BCUT2D eigenvalue weighted by Gasteiger charge is -2.17. The highest BCUT2D eigenvalue weighted by atomic mass is 16.1. The van der Waals surface area contributed by atoms with E-state index in [4.69, 9.17) is 0 Å². The van der Waals surface area contributed by atoms with Gasteiger partial charge < -0.3 is 14.5 Å². The van der Waals surface area contributed by atoms with Gasteiger partial charge in [-0.2, -0.15) is 0 Å². The molecule has 0 fully saturated rings. The molecule has 1 amide bonds. The first-order chi connectivity index (χ1) is 12.1. The topological polar surface area (TPSA) is 51.9 Å². The molecule has 25 heavy (non-hydrogen) atoms. The van der Waals surface area contributed by atoms with Crippen molar-refractivity contribution in [1.29, 1.82) is 0 Å². The van der Waals surface area contributed by atoms with Crippen LogP contribution in [-0.2, 0) is 6.54 Å². The van der Waals surface area contributed by atoms with Crippen LogP contribution in [0.1, 0.15) is 35.1 Å². The van der Waals surface area contributed by atoms with Crippen LogP contribution in [-0.4, -0.2) is 26.1 Å². The molecule has 1 N–H and O–H groups in total. The van der Waals surface area contributed by atoms with Crippen LogP contribution in [0, 0.1) is 13.8 Å². The van der Waals surface area contributed by atoms with Crippen molar-refractivity contribution >= 4 is 5.91 Å². The van der Waals surface area contributed by atoms with Crippen LogP contribution in [0.3, 0.4) is 0 Å². The first-order valence-electron chi connectivity index (χ1n) is 8.61. The van der Waals surface area contributed by atoms with E-state index in [2.05, 4.69) is 33.9 Å². The molecule has 0 spiro atoms. The molecule has 0 aliphatic carbocycles. The second kappa shape index (κ2) is 7.38. The van der Waals surface area contributed by atoms with Gasteiger partial charge in [0.05, 0.1) is 11.9 Å². The molecular formula is C20H24N4O. The van der Waals surface area contributed by atoms with Crippen LogP contribution in [0.25, 0.3) is 5.69 Å². The first kappa shape index (κ1) is 17.0. The van der Waals surface area contributed by atoms with E-state index < -0.39 is 0 Å². The molecule has 0 bridgehead atoms. The van der Waals surface area contributed by atoms with E-state index in [0.717, 1.165) is 35.6 Å². The molecule has 2 heterocycles.